The fourth-order valence-corrected chi connectivity index (χ4v) is 2.54. The molecule has 114 valence electrons. The highest BCUT2D eigenvalue weighted by atomic mass is 16.5. The number of ether oxygens (including phenoxy) is 1. The molecule has 2 rings (SSSR count). The van der Waals surface area contributed by atoms with Gasteiger partial charge in [0, 0.05) is 6.04 Å². The van der Waals surface area contributed by atoms with Crippen LogP contribution in [0.1, 0.15) is 25.8 Å². The lowest BCUT2D eigenvalue weighted by Gasteiger charge is -2.19. The number of hydrogen-bond donors (Lipinski definition) is 1. The Morgan fingerprint density at radius 1 is 1.29 bits per heavy atom. The summed E-state index contributed by atoms with van der Waals surface area (Å²) >= 11 is 0. The minimum Gasteiger partial charge on any atom is -0.497 e. The number of nitrogens with zero attached hydrogens (tertiary/aromatic N) is 1. The number of carbonyl (C=O) groups is 2. The Morgan fingerprint density at radius 3 is 2.48 bits per heavy atom. The summed E-state index contributed by atoms with van der Waals surface area (Å²) in [5, 5.41) is 3.18. The van der Waals surface area contributed by atoms with Crippen LogP contribution in [-0.2, 0) is 16.0 Å². The summed E-state index contributed by atoms with van der Waals surface area (Å²) in [7, 11) is 1.64. The molecule has 1 heterocycles. The zero-order chi connectivity index (χ0) is 15.4. The Hall–Kier alpha value is -1.88. The van der Waals surface area contributed by atoms with E-state index in [1.165, 1.54) is 10.5 Å². The molecule has 1 unspecified atom stereocenters. The van der Waals surface area contributed by atoms with E-state index in [-0.39, 0.29) is 30.3 Å². The summed E-state index contributed by atoms with van der Waals surface area (Å²) in [4.78, 5) is 25.3. The molecule has 1 N–H and O–H groups in total. The van der Waals surface area contributed by atoms with Crippen LogP contribution in [0.15, 0.2) is 24.3 Å². The Morgan fingerprint density at radius 2 is 1.95 bits per heavy atom. The number of hydrogen-bond acceptors (Lipinski definition) is 4. The second kappa shape index (κ2) is 6.72. The summed E-state index contributed by atoms with van der Waals surface area (Å²) in [6.07, 6.45) is 1.07. The number of benzene rings is 1. The molecule has 0 bridgehead atoms. The predicted molar refractivity (Wildman–Crippen MR) is 80.1 cm³/mol. The monoisotopic (exact) mass is 290 g/mol. The van der Waals surface area contributed by atoms with Crippen molar-refractivity contribution in [3.8, 4) is 5.75 Å². The van der Waals surface area contributed by atoms with Crippen molar-refractivity contribution in [2.75, 3.05) is 13.7 Å². The summed E-state index contributed by atoms with van der Waals surface area (Å²) in [6, 6.07) is 7.39. The fourth-order valence-electron chi connectivity index (χ4n) is 2.54. The smallest absolute Gasteiger partial charge is 0.247 e. The number of rotatable bonds is 6. The molecule has 1 aromatic carbocycles. The molecule has 1 saturated heterocycles. The third-order valence-corrected chi connectivity index (χ3v) is 3.66. The Kier molecular flexibility index (Phi) is 4.96. The van der Waals surface area contributed by atoms with Crippen LogP contribution in [-0.4, -0.2) is 42.5 Å². The highest BCUT2D eigenvalue weighted by molar-refractivity contribution is 6.05. The number of imide groups is 1. The molecule has 1 fully saturated rings. The van der Waals surface area contributed by atoms with Gasteiger partial charge >= 0.3 is 0 Å². The minimum absolute atomic E-state index is 0.0709. The number of methoxy groups -OCH3 is 1. The van der Waals surface area contributed by atoms with Gasteiger partial charge in [-0.25, -0.2) is 0 Å². The molecule has 1 aliphatic rings. The summed E-state index contributed by atoms with van der Waals surface area (Å²) < 4.78 is 5.11. The maximum absolute atomic E-state index is 12.1. The normalized spacial score (nSPS) is 18.7. The predicted octanol–water partition coefficient (Wildman–Crippen LogP) is 1.36. The highest BCUT2D eigenvalue weighted by Crippen LogP contribution is 2.16. The third-order valence-electron chi connectivity index (χ3n) is 3.66. The first-order chi connectivity index (χ1) is 10.0. The second-order valence-electron chi connectivity index (χ2n) is 5.50. The van der Waals surface area contributed by atoms with E-state index in [1.807, 2.05) is 38.1 Å². The Bertz CT molecular complexity index is 511. The van der Waals surface area contributed by atoms with Gasteiger partial charge in [-0.2, -0.15) is 0 Å². The van der Waals surface area contributed by atoms with Crippen LogP contribution in [0.25, 0.3) is 0 Å². The van der Waals surface area contributed by atoms with Crippen LogP contribution in [0, 0.1) is 0 Å². The van der Waals surface area contributed by atoms with Gasteiger partial charge in [0.15, 0.2) is 0 Å². The molecule has 0 aromatic heterocycles. The van der Waals surface area contributed by atoms with Crippen LogP contribution in [0.4, 0.5) is 0 Å². The first kappa shape index (κ1) is 15.5. The van der Waals surface area contributed by atoms with E-state index in [9.17, 15) is 9.59 Å². The number of amides is 2. The maximum Gasteiger partial charge on any atom is 0.247 e. The Labute approximate surface area is 125 Å². The van der Waals surface area contributed by atoms with Gasteiger partial charge in [-0.05, 0) is 44.5 Å². The average molecular weight is 290 g/mol. The van der Waals surface area contributed by atoms with Crippen LogP contribution >= 0.6 is 0 Å². The average Bonchev–Trinajstić information content (AvgIpc) is 2.74. The number of carbonyl (C=O) groups excluding carboxylic acids is 2. The summed E-state index contributed by atoms with van der Waals surface area (Å²) in [5.74, 6) is 0.637. The molecule has 5 nitrogen and oxygen atoms in total. The van der Waals surface area contributed by atoms with Crippen molar-refractivity contribution in [3.05, 3.63) is 29.8 Å². The first-order valence-corrected chi connectivity index (χ1v) is 7.25. The SMILES string of the molecule is COc1ccc(CCNC2CC(=O)N(C(C)C)C2=O)cc1. The topological polar surface area (TPSA) is 58.6 Å². The summed E-state index contributed by atoms with van der Waals surface area (Å²) in [5.41, 5.74) is 1.17. The second-order valence-corrected chi connectivity index (χ2v) is 5.50. The zero-order valence-corrected chi connectivity index (χ0v) is 12.8. The molecule has 5 heteroatoms. The highest BCUT2D eigenvalue weighted by Gasteiger charge is 2.39. The van der Waals surface area contributed by atoms with Crippen molar-refractivity contribution in [3.63, 3.8) is 0 Å². The van der Waals surface area contributed by atoms with Crippen LogP contribution in [0.3, 0.4) is 0 Å². The van der Waals surface area contributed by atoms with Gasteiger partial charge in [-0.15, -0.1) is 0 Å². The van der Waals surface area contributed by atoms with Crippen molar-refractivity contribution < 1.29 is 14.3 Å². The molecule has 0 saturated carbocycles. The van der Waals surface area contributed by atoms with Crippen LogP contribution in [0.2, 0.25) is 0 Å². The van der Waals surface area contributed by atoms with E-state index in [0.717, 1.165) is 12.2 Å². The molecule has 1 aliphatic heterocycles. The van der Waals surface area contributed by atoms with Crippen LogP contribution in [0.5, 0.6) is 5.75 Å². The van der Waals surface area contributed by atoms with Crippen LogP contribution < -0.4 is 10.1 Å². The quantitative estimate of drug-likeness (QED) is 0.804. The molecule has 0 radical (unpaired) electrons. The number of nitrogens with one attached hydrogen (secondary N) is 1. The largest absolute Gasteiger partial charge is 0.497 e. The molecular weight excluding hydrogens is 268 g/mol. The zero-order valence-electron chi connectivity index (χ0n) is 12.8. The van der Waals surface area contributed by atoms with Gasteiger partial charge in [-0.3, -0.25) is 14.5 Å². The van der Waals surface area contributed by atoms with Crippen molar-refractivity contribution in [1.82, 2.24) is 10.2 Å². The molecule has 21 heavy (non-hydrogen) atoms. The first-order valence-electron chi connectivity index (χ1n) is 7.25. The van der Waals surface area contributed by atoms with E-state index < -0.39 is 0 Å². The lowest BCUT2D eigenvalue weighted by molar-refractivity contribution is -0.140. The Balaban J connectivity index is 1.83. The molecule has 1 aromatic rings. The van der Waals surface area contributed by atoms with E-state index >= 15 is 0 Å². The fraction of sp³-hybridized carbons (Fsp3) is 0.500. The molecule has 2 amide bonds. The maximum atomic E-state index is 12.1. The van der Waals surface area contributed by atoms with Crippen molar-refractivity contribution >= 4 is 11.8 Å². The molecule has 1 atom stereocenters. The van der Waals surface area contributed by atoms with Gasteiger partial charge in [0.05, 0.1) is 19.6 Å². The van der Waals surface area contributed by atoms with Crippen molar-refractivity contribution in [2.24, 2.45) is 0 Å². The lowest BCUT2D eigenvalue weighted by atomic mass is 10.1. The molecule has 0 aliphatic carbocycles. The van der Waals surface area contributed by atoms with Gasteiger partial charge in [0.1, 0.15) is 5.75 Å². The van der Waals surface area contributed by atoms with Crippen molar-refractivity contribution in [2.45, 2.75) is 38.8 Å². The van der Waals surface area contributed by atoms with Crippen molar-refractivity contribution in [1.29, 1.82) is 0 Å². The van der Waals surface area contributed by atoms with Gasteiger partial charge in [0.2, 0.25) is 11.8 Å². The van der Waals surface area contributed by atoms with E-state index in [0.29, 0.717) is 6.54 Å². The van der Waals surface area contributed by atoms with E-state index in [2.05, 4.69) is 5.32 Å². The minimum atomic E-state index is -0.377. The summed E-state index contributed by atoms with van der Waals surface area (Å²) in [6.45, 7) is 4.38. The van der Waals surface area contributed by atoms with Gasteiger partial charge in [-0.1, -0.05) is 12.1 Å². The standard InChI is InChI=1S/C16H22N2O3/c1-11(2)18-15(19)10-14(16(18)20)17-9-8-12-4-6-13(21-3)7-5-12/h4-7,11,14,17H,8-10H2,1-3H3. The number of likely N-dealkylation sites (tertiary alicyclic amines) is 1. The lowest BCUT2D eigenvalue weighted by Crippen LogP contribution is -2.42. The molecular formula is C16H22N2O3. The van der Waals surface area contributed by atoms with E-state index in [4.69, 9.17) is 4.74 Å². The van der Waals surface area contributed by atoms with E-state index in [1.54, 1.807) is 7.11 Å². The van der Waals surface area contributed by atoms with Gasteiger partial charge < -0.3 is 10.1 Å². The third kappa shape index (κ3) is 3.61. The van der Waals surface area contributed by atoms with Gasteiger partial charge in [0.25, 0.3) is 0 Å². The molecule has 0 spiro atoms.